The van der Waals surface area contributed by atoms with E-state index < -0.39 is 6.29 Å². The highest BCUT2D eigenvalue weighted by Crippen LogP contribution is 2.54. The Morgan fingerprint density at radius 3 is 2.79 bits per heavy atom. The maximum absolute atomic E-state index is 12.1. The molecule has 3 rings (SSSR count). The van der Waals surface area contributed by atoms with Gasteiger partial charge >= 0.3 is 11.9 Å². The number of carbonyl (C=O) groups is 2. The summed E-state index contributed by atoms with van der Waals surface area (Å²) in [4.78, 5) is 24.1. The second-order valence-electron chi connectivity index (χ2n) is 8.19. The van der Waals surface area contributed by atoms with Crippen molar-refractivity contribution < 1.29 is 23.8 Å². The quantitative estimate of drug-likeness (QED) is 0.573. The third-order valence-electron chi connectivity index (χ3n) is 6.15. The zero-order valence-electron chi connectivity index (χ0n) is 15.0. The summed E-state index contributed by atoms with van der Waals surface area (Å²) in [7, 11) is 0. The molecule has 1 saturated carbocycles. The minimum Gasteiger partial charge on any atom is -0.458 e. The van der Waals surface area contributed by atoms with E-state index in [1.54, 1.807) is 0 Å². The zero-order chi connectivity index (χ0) is 17.6. The molecular formula is C19H28O5. The Labute approximate surface area is 143 Å². The summed E-state index contributed by atoms with van der Waals surface area (Å²) in [5, 5.41) is 0. The molecule has 3 fully saturated rings. The van der Waals surface area contributed by atoms with Gasteiger partial charge in [0.15, 0.2) is 0 Å². The molecule has 6 atom stereocenters. The lowest BCUT2D eigenvalue weighted by Gasteiger charge is -2.48. The van der Waals surface area contributed by atoms with Crippen molar-refractivity contribution in [2.45, 2.75) is 59.4 Å². The maximum atomic E-state index is 12.1. The van der Waals surface area contributed by atoms with Crippen LogP contribution in [0.15, 0.2) is 12.2 Å². The highest BCUT2D eigenvalue weighted by Gasteiger charge is 2.56. The van der Waals surface area contributed by atoms with Gasteiger partial charge in [-0.2, -0.15) is 0 Å². The fraction of sp³-hybridized carbons (Fsp3) is 0.789. The average Bonchev–Trinajstić information content (AvgIpc) is 2.70. The molecule has 0 N–H and O–H groups in total. The number of fused-ring (bicyclic) bond motifs is 2. The lowest BCUT2D eigenvalue weighted by atomic mass is 9.65. The first kappa shape index (κ1) is 17.5. The van der Waals surface area contributed by atoms with E-state index in [0.717, 1.165) is 12.8 Å². The molecule has 24 heavy (non-hydrogen) atoms. The SMILES string of the molecule is C=C1C(=O)O[C@H]2C[C@@H](C)[C@@H]3CCO[C@@H](OC(=O)C(C)C)[C@@]3(C)C[C@H]12. The third-order valence-corrected chi connectivity index (χ3v) is 6.15. The van der Waals surface area contributed by atoms with Crippen molar-refractivity contribution in [1.82, 2.24) is 0 Å². The van der Waals surface area contributed by atoms with Gasteiger partial charge in [0, 0.05) is 16.9 Å². The van der Waals surface area contributed by atoms with E-state index in [4.69, 9.17) is 14.2 Å². The van der Waals surface area contributed by atoms with E-state index in [1.165, 1.54) is 0 Å². The van der Waals surface area contributed by atoms with Gasteiger partial charge in [0.2, 0.25) is 6.29 Å². The molecule has 2 saturated heterocycles. The van der Waals surface area contributed by atoms with Crippen molar-refractivity contribution in [3.05, 3.63) is 12.2 Å². The van der Waals surface area contributed by atoms with Crippen LogP contribution in [0.25, 0.3) is 0 Å². The minimum atomic E-state index is -0.573. The van der Waals surface area contributed by atoms with Gasteiger partial charge < -0.3 is 14.2 Å². The highest BCUT2D eigenvalue weighted by atomic mass is 16.7. The fourth-order valence-corrected chi connectivity index (χ4v) is 4.73. The van der Waals surface area contributed by atoms with E-state index >= 15 is 0 Å². The van der Waals surface area contributed by atoms with Crippen molar-refractivity contribution in [2.75, 3.05) is 6.61 Å². The second-order valence-corrected chi connectivity index (χ2v) is 8.19. The standard InChI is InChI=1S/C19H28O5/c1-10(2)16(20)24-18-19(5)9-13-12(4)17(21)23-15(13)8-11(3)14(19)6-7-22-18/h10-11,13-15,18H,4,6-9H2,1-3,5H3/t11-,13-,14+,15+,18+,19+/m1/s1. The third kappa shape index (κ3) is 2.77. The summed E-state index contributed by atoms with van der Waals surface area (Å²) in [6.07, 6.45) is 1.79. The molecule has 5 heteroatoms. The van der Waals surface area contributed by atoms with Crippen LogP contribution in [0, 0.1) is 29.1 Å². The predicted molar refractivity (Wildman–Crippen MR) is 87.8 cm³/mol. The molecule has 0 aromatic heterocycles. The first-order chi connectivity index (χ1) is 11.2. The van der Waals surface area contributed by atoms with Crippen LogP contribution < -0.4 is 0 Å². The summed E-state index contributed by atoms with van der Waals surface area (Å²) in [5.74, 6) is -0.00226. The van der Waals surface area contributed by atoms with Gasteiger partial charge in [0.1, 0.15) is 6.10 Å². The molecule has 0 amide bonds. The normalized spacial score (nSPS) is 42.1. The molecule has 5 nitrogen and oxygen atoms in total. The number of carbonyl (C=O) groups excluding carboxylic acids is 2. The van der Waals surface area contributed by atoms with Gasteiger partial charge in [-0.05, 0) is 31.1 Å². The van der Waals surface area contributed by atoms with E-state index in [2.05, 4.69) is 20.4 Å². The van der Waals surface area contributed by atoms with Gasteiger partial charge in [-0.15, -0.1) is 0 Å². The monoisotopic (exact) mass is 336 g/mol. The summed E-state index contributed by atoms with van der Waals surface area (Å²) < 4.78 is 17.2. The Balaban J connectivity index is 1.91. The molecule has 134 valence electrons. The van der Waals surface area contributed by atoms with Crippen LogP contribution in [0.1, 0.15) is 47.0 Å². The van der Waals surface area contributed by atoms with E-state index in [9.17, 15) is 9.59 Å². The summed E-state index contributed by atoms with van der Waals surface area (Å²) in [5.41, 5.74) is 0.215. The number of rotatable bonds is 2. The van der Waals surface area contributed by atoms with Crippen LogP contribution in [0.2, 0.25) is 0 Å². The first-order valence-electron chi connectivity index (χ1n) is 8.96. The van der Waals surface area contributed by atoms with Crippen molar-refractivity contribution in [3.63, 3.8) is 0 Å². The number of ether oxygens (including phenoxy) is 3. The lowest BCUT2D eigenvalue weighted by Crippen LogP contribution is -2.50. The lowest BCUT2D eigenvalue weighted by molar-refractivity contribution is -0.248. The highest BCUT2D eigenvalue weighted by molar-refractivity contribution is 5.90. The molecule has 3 aliphatic rings. The van der Waals surface area contributed by atoms with Gasteiger partial charge in [0.25, 0.3) is 0 Å². The molecule has 0 radical (unpaired) electrons. The molecular weight excluding hydrogens is 308 g/mol. The molecule has 2 heterocycles. The van der Waals surface area contributed by atoms with Crippen LogP contribution in [-0.2, 0) is 23.8 Å². The Morgan fingerprint density at radius 1 is 1.42 bits per heavy atom. The average molecular weight is 336 g/mol. The Morgan fingerprint density at radius 2 is 2.12 bits per heavy atom. The number of esters is 2. The van der Waals surface area contributed by atoms with Gasteiger partial charge in [-0.3, -0.25) is 4.79 Å². The van der Waals surface area contributed by atoms with Crippen LogP contribution >= 0.6 is 0 Å². The fourth-order valence-electron chi connectivity index (χ4n) is 4.73. The van der Waals surface area contributed by atoms with E-state index in [-0.39, 0.29) is 35.3 Å². The number of hydrogen-bond donors (Lipinski definition) is 0. The molecule has 0 spiro atoms. The molecule has 2 aliphatic heterocycles. The topological polar surface area (TPSA) is 61.8 Å². The van der Waals surface area contributed by atoms with Gasteiger partial charge in [-0.1, -0.05) is 34.3 Å². The van der Waals surface area contributed by atoms with Crippen LogP contribution in [0.3, 0.4) is 0 Å². The van der Waals surface area contributed by atoms with Crippen molar-refractivity contribution in [2.24, 2.45) is 29.1 Å². The molecule has 0 bridgehead atoms. The Kier molecular flexibility index (Phi) is 4.49. The van der Waals surface area contributed by atoms with E-state index in [1.807, 2.05) is 13.8 Å². The summed E-state index contributed by atoms with van der Waals surface area (Å²) >= 11 is 0. The van der Waals surface area contributed by atoms with Crippen LogP contribution in [-0.4, -0.2) is 30.9 Å². The molecule has 0 unspecified atom stereocenters. The zero-order valence-corrected chi connectivity index (χ0v) is 15.0. The molecule has 1 aliphatic carbocycles. The smallest absolute Gasteiger partial charge is 0.334 e. The van der Waals surface area contributed by atoms with Crippen molar-refractivity contribution in [3.8, 4) is 0 Å². The predicted octanol–water partition coefficient (Wildman–Crippen LogP) is 3.08. The number of hydrogen-bond acceptors (Lipinski definition) is 5. The molecule has 0 aromatic carbocycles. The minimum absolute atomic E-state index is 0.0168. The summed E-state index contributed by atoms with van der Waals surface area (Å²) in [6.45, 7) is 12.5. The molecule has 0 aromatic rings. The van der Waals surface area contributed by atoms with Gasteiger partial charge in [0.05, 0.1) is 12.5 Å². The van der Waals surface area contributed by atoms with Crippen molar-refractivity contribution in [1.29, 1.82) is 0 Å². The van der Waals surface area contributed by atoms with Crippen molar-refractivity contribution >= 4 is 11.9 Å². The van der Waals surface area contributed by atoms with Gasteiger partial charge in [-0.25, -0.2) is 4.79 Å². The Hall–Kier alpha value is -1.36. The largest absolute Gasteiger partial charge is 0.458 e. The Bertz CT molecular complexity index is 554. The summed E-state index contributed by atoms with van der Waals surface area (Å²) in [6, 6.07) is 0. The van der Waals surface area contributed by atoms with Crippen LogP contribution in [0.4, 0.5) is 0 Å². The van der Waals surface area contributed by atoms with E-state index in [0.29, 0.717) is 30.4 Å². The first-order valence-corrected chi connectivity index (χ1v) is 8.96. The van der Waals surface area contributed by atoms with Crippen LogP contribution in [0.5, 0.6) is 0 Å². The maximum Gasteiger partial charge on any atom is 0.334 e. The second kappa shape index (κ2) is 6.17.